The van der Waals surface area contributed by atoms with E-state index in [9.17, 15) is 8.42 Å². The van der Waals surface area contributed by atoms with Gasteiger partial charge in [-0.25, -0.2) is 13.1 Å². The van der Waals surface area contributed by atoms with Gasteiger partial charge in [-0.3, -0.25) is 15.7 Å². The van der Waals surface area contributed by atoms with Crippen molar-refractivity contribution in [1.29, 1.82) is 10.8 Å². The maximum atomic E-state index is 11.1. The van der Waals surface area contributed by atoms with E-state index in [1.54, 1.807) is 12.1 Å². The van der Waals surface area contributed by atoms with Gasteiger partial charge < -0.3 is 4.90 Å². The molecule has 0 bridgehead atoms. The van der Waals surface area contributed by atoms with Crippen LogP contribution in [0.3, 0.4) is 0 Å². The van der Waals surface area contributed by atoms with Gasteiger partial charge in [-0.05, 0) is 25.1 Å². The van der Waals surface area contributed by atoms with Crippen molar-refractivity contribution in [3.63, 3.8) is 0 Å². The highest BCUT2D eigenvalue weighted by Gasteiger charge is 2.18. The molecule has 0 atom stereocenters. The summed E-state index contributed by atoms with van der Waals surface area (Å²) in [6, 6.07) is 3.42. The van der Waals surface area contributed by atoms with Crippen LogP contribution < -0.4 is 10.4 Å². The Balaban J connectivity index is 1.87. The predicted octanol–water partition coefficient (Wildman–Crippen LogP) is -0.626. The van der Waals surface area contributed by atoms with E-state index in [1.807, 2.05) is 0 Å². The summed E-state index contributed by atoms with van der Waals surface area (Å²) in [7, 11) is -2.88. The van der Waals surface area contributed by atoms with E-state index >= 15 is 0 Å². The Hall–Kier alpha value is -1.74. The number of hydrogen-bond acceptors (Lipinski definition) is 7. The number of sulfone groups is 1. The Morgan fingerprint density at radius 1 is 1.27 bits per heavy atom. The zero-order chi connectivity index (χ0) is 16.2. The topological polar surface area (TPSA) is 106 Å². The second-order valence-electron chi connectivity index (χ2n) is 5.46. The fraction of sp³-hybridized carbons (Fsp3) is 0.615. The summed E-state index contributed by atoms with van der Waals surface area (Å²) < 4.78 is 23.5. The molecule has 22 heavy (non-hydrogen) atoms. The Morgan fingerprint density at radius 3 is 2.55 bits per heavy atom. The van der Waals surface area contributed by atoms with E-state index in [0.29, 0.717) is 6.42 Å². The van der Waals surface area contributed by atoms with Gasteiger partial charge in [0.05, 0.1) is 5.75 Å². The van der Waals surface area contributed by atoms with Crippen LogP contribution in [0.2, 0.25) is 0 Å². The van der Waals surface area contributed by atoms with Crippen LogP contribution in [0.5, 0.6) is 0 Å². The Kier molecular flexibility index (Phi) is 5.30. The third kappa shape index (κ3) is 4.63. The average molecular weight is 326 g/mol. The third-order valence-corrected chi connectivity index (χ3v) is 4.69. The molecule has 1 aromatic rings. The largest absolute Gasteiger partial charge is 0.353 e. The summed E-state index contributed by atoms with van der Waals surface area (Å²) in [6.07, 6.45) is 2.96. The van der Waals surface area contributed by atoms with Gasteiger partial charge in [0.1, 0.15) is 27.5 Å². The smallest absolute Gasteiger partial charge is 0.149 e. The van der Waals surface area contributed by atoms with E-state index < -0.39 is 9.84 Å². The molecule has 0 aliphatic carbocycles. The van der Waals surface area contributed by atoms with Crippen molar-refractivity contribution < 1.29 is 8.42 Å². The first-order chi connectivity index (χ1) is 10.4. The number of hydrogen-bond donors (Lipinski definition) is 2. The van der Waals surface area contributed by atoms with E-state index in [0.717, 1.165) is 44.9 Å². The van der Waals surface area contributed by atoms with E-state index in [-0.39, 0.29) is 11.2 Å². The highest BCUT2D eigenvalue weighted by Crippen LogP contribution is 2.11. The number of anilines is 1. The molecule has 2 heterocycles. The van der Waals surface area contributed by atoms with Crippen LogP contribution in [0.15, 0.2) is 12.1 Å². The van der Waals surface area contributed by atoms with E-state index in [2.05, 4.69) is 14.9 Å². The molecule has 1 fully saturated rings. The number of nitrogens with zero attached hydrogens (tertiary/aromatic N) is 4. The van der Waals surface area contributed by atoms with Crippen molar-refractivity contribution in [2.24, 2.45) is 0 Å². The minimum atomic E-state index is -2.88. The summed E-state index contributed by atoms with van der Waals surface area (Å²) in [5, 5.41) is 19.1. The van der Waals surface area contributed by atoms with Crippen LogP contribution in [0.25, 0.3) is 0 Å². The molecule has 0 spiro atoms. The summed E-state index contributed by atoms with van der Waals surface area (Å²) in [5.74, 6) is 0.995. The molecule has 1 aromatic heterocycles. The highest BCUT2D eigenvalue weighted by molar-refractivity contribution is 7.90. The molecule has 0 unspecified atom stereocenters. The van der Waals surface area contributed by atoms with Gasteiger partial charge in [-0.1, -0.05) is 0 Å². The number of aromatic nitrogens is 2. The predicted molar refractivity (Wildman–Crippen MR) is 85.2 cm³/mol. The van der Waals surface area contributed by atoms with E-state index in [1.165, 1.54) is 10.9 Å². The first-order valence-electron chi connectivity index (χ1n) is 7.19. The summed E-state index contributed by atoms with van der Waals surface area (Å²) >= 11 is 0. The van der Waals surface area contributed by atoms with Gasteiger partial charge in [0.15, 0.2) is 0 Å². The normalized spacial score (nSPS) is 16.7. The molecule has 2 N–H and O–H groups in total. The molecular weight excluding hydrogens is 304 g/mol. The van der Waals surface area contributed by atoms with Gasteiger partial charge in [0.2, 0.25) is 0 Å². The maximum absolute atomic E-state index is 11.1. The van der Waals surface area contributed by atoms with E-state index in [4.69, 9.17) is 10.8 Å². The standard InChI is InChI=1S/C13H22N6O2S/c1-22(20,21)10-2-5-17-6-8-18(9-7-17)13-4-3-12(15)19(11-14)16-13/h3-4,11,14-15H,2,5-10H2,1H3. The van der Waals surface area contributed by atoms with Crippen LogP contribution in [-0.2, 0) is 9.84 Å². The second-order valence-corrected chi connectivity index (χ2v) is 7.72. The molecular formula is C13H22N6O2S. The lowest BCUT2D eigenvalue weighted by molar-refractivity contribution is 0.258. The van der Waals surface area contributed by atoms with Crippen LogP contribution in [0, 0.1) is 10.8 Å². The molecule has 1 aliphatic rings. The fourth-order valence-corrected chi connectivity index (χ4v) is 3.10. The van der Waals surface area contributed by atoms with Crippen molar-refractivity contribution in [2.45, 2.75) is 6.42 Å². The quantitative estimate of drug-likeness (QED) is 0.535. The molecule has 0 saturated carbocycles. The first kappa shape index (κ1) is 16.6. The molecule has 0 amide bonds. The van der Waals surface area contributed by atoms with Gasteiger partial charge in [-0.2, -0.15) is 0 Å². The Morgan fingerprint density at radius 2 is 1.95 bits per heavy atom. The molecule has 9 heteroatoms. The molecule has 8 nitrogen and oxygen atoms in total. The Labute approximate surface area is 130 Å². The summed E-state index contributed by atoms with van der Waals surface area (Å²) in [6.45, 7) is 4.13. The van der Waals surface area contributed by atoms with Crippen molar-refractivity contribution in [3.8, 4) is 0 Å². The number of piperazine rings is 1. The molecule has 0 radical (unpaired) electrons. The lowest BCUT2D eigenvalue weighted by atomic mass is 10.3. The number of rotatable bonds is 6. The first-order valence-corrected chi connectivity index (χ1v) is 9.25. The lowest BCUT2D eigenvalue weighted by Crippen LogP contribution is -2.47. The summed E-state index contributed by atoms with van der Waals surface area (Å²) in [5.41, 5.74) is 0.179. The van der Waals surface area contributed by atoms with Gasteiger partial charge in [-0.15, -0.1) is 5.10 Å². The monoisotopic (exact) mass is 326 g/mol. The van der Waals surface area contributed by atoms with Crippen LogP contribution in [0.4, 0.5) is 5.82 Å². The molecule has 122 valence electrons. The average Bonchev–Trinajstić information content (AvgIpc) is 2.47. The lowest BCUT2D eigenvalue weighted by Gasteiger charge is -2.35. The van der Waals surface area contributed by atoms with Crippen LogP contribution in [0.1, 0.15) is 6.42 Å². The van der Waals surface area contributed by atoms with Crippen LogP contribution in [-0.4, -0.2) is 74.2 Å². The van der Waals surface area contributed by atoms with Gasteiger partial charge in [0.25, 0.3) is 0 Å². The second kappa shape index (κ2) is 7.01. The third-order valence-electron chi connectivity index (χ3n) is 3.66. The Bertz CT molecular complexity index is 676. The van der Waals surface area contributed by atoms with Gasteiger partial charge in [0, 0.05) is 32.4 Å². The maximum Gasteiger partial charge on any atom is 0.149 e. The van der Waals surface area contributed by atoms with Crippen molar-refractivity contribution in [1.82, 2.24) is 14.7 Å². The number of nitrogens with one attached hydrogen (secondary N) is 2. The SMILES string of the molecule is CS(=O)(=O)CCCN1CCN(c2ccc(=N)n(C=N)n2)CC1. The van der Waals surface area contributed by atoms with Crippen molar-refractivity contribution in [2.75, 3.05) is 49.6 Å². The summed E-state index contributed by atoms with van der Waals surface area (Å²) in [4.78, 5) is 4.37. The van der Waals surface area contributed by atoms with Crippen molar-refractivity contribution in [3.05, 3.63) is 17.6 Å². The molecule has 0 aromatic carbocycles. The molecule has 1 aliphatic heterocycles. The van der Waals surface area contributed by atoms with Gasteiger partial charge >= 0.3 is 0 Å². The zero-order valence-corrected chi connectivity index (χ0v) is 13.5. The zero-order valence-electron chi connectivity index (χ0n) is 12.7. The minimum absolute atomic E-state index is 0.179. The molecule has 2 rings (SSSR count). The van der Waals surface area contributed by atoms with Crippen LogP contribution >= 0.6 is 0 Å². The fourth-order valence-electron chi connectivity index (χ4n) is 2.45. The minimum Gasteiger partial charge on any atom is -0.353 e. The molecule has 1 saturated heterocycles. The van der Waals surface area contributed by atoms with Crippen molar-refractivity contribution >= 4 is 22.0 Å². The highest BCUT2D eigenvalue weighted by atomic mass is 32.2.